The largest absolute Gasteiger partial charge is 0.486 e. The molecule has 0 saturated carbocycles. The summed E-state index contributed by atoms with van der Waals surface area (Å²) in [6, 6.07) is 5.07. The Bertz CT molecular complexity index is 658. The van der Waals surface area contributed by atoms with Crippen LogP contribution < -0.4 is 20.1 Å². The Morgan fingerprint density at radius 1 is 1.26 bits per heavy atom. The molecule has 0 bridgehead atoms. The summed E-state index contributed by atoms with van der Waals surface area (Å²) in [6.07, 6.45) is 3.14. The van der Waals surface area contributed by atoms with E-state index in [9.17, 15) is 0 Å². The monoisotopic (exact) mass is 394 g/mol. The molecule has 7 heteroatoms. The summed E-state index contributed by atoms with van der Waals surface area (Å²) in [5.41, 5.74) is 1.12. The first kappa shape index (κ1) is 20.1. The average molecular weight is 395 g/mol. The zero-order valence-electron chi connectivity index (χ0n) is 16.6. The van der Waals surface area contributed by atoms with Gasteiger partial charge in [-0.15, -0.1) is 0 Å². The van der Waals surface area contributed by atoms with Gasteiger partial charge in [0.1, 0.15) is 13.2 Å². The van der Waals surface area contributed by atoms with E-state index in [4.69, 9.17) is 21.1 Å². The van der Waals surface area contributed by atoms with Gasteiger partial charge in [-0.1, -0.05) is 11.6 Å². The van der Waals surface area contributed by atoms with Crippen LogP contribution in [0.25, 0.3) is 0 Å². The minimum absolute atomic E-state index is 0.481. The number of fused-ring (bicyclic) bond motifs is 1. The first-order valence-corrected chi connectivity index (χ1v) is 10.2. The predicted molar refractivity (Wildman–Crippen MR) is 110 cm³/mol. The molecule has 0 unspecified atom stereocenters. The smallest absolute Gasteiger partial charge is 0.191 e. The Morgan fingerprint density at radius 3 is 2.70 bits per heavy atom. The molecule has 0 atom stereocenters. The number of aliphatic imine (C=N–C) groups is 1. The standard InChI is InChI=1S/C20H31ClN4O2/c1-14(2)25-8-5-16(6-9-25)24-20(22-3)23-7-4-15-12-17(21)19-18(13-15)26-10-11-27-19/h12-14,16H,4-11H2,1-3H3,(H2,22,23,24). The van der Waals surface area contributed by atoms with Crippen molar-refractivity contribution in [2.24, 2.45) is 4.99 Å². The molecule has 0 radical (unpaired) electrons. The SMILES string of the molecule is CN=C(NCCc1cc(Cl)c2c(c1)OCCO2)NC1CCN(C(C)C)CC1. The van der Waals surface area contributed by atoms with Crippen LogP contribution in [-0.4, -0.2) is 62.8 Å². The number of guanidine groups is 1. The minimum Gasteiger partial charge on any atom is -0.486 e. The quantitative estimate of drug-likeness (QED) is 0.594. The molecule has 2 aliphatic heterocycles. The molecule has 27 heavy (non-hydrogen) atoms. The highest BCUT2D eigenvalue weighted by molar-refractivity contribution is 6.32. The lowest BCUT2D eigenvalue weighted by molar-refractivity contribution is 0.167. The van der Waals surface area contributed by atoms with E-state index in [1.807, 2.05) is 19.2 Å². The number of hydrogen-bond donors (Lipinski definition) is 2. The number of nitrogens with one attached hydrogen (secondary N) is 2. The van der Waals surface area contributed by atoms with Crippen molar-refractivity contribution < 1.29 is 9.47 Å². The van der Waals surface area contributed by atoms with Gasteiger partial charge in [0.05, 0.1) is 5.02 Å². The second-order valence-electron chi connectivity index (χ2n) is 7.40. The van der Waals surface area contributed by atoms with E-state index in [2.05, 4.69) is 34.4 Å². The van der Waals surface area contributed by atoms with Gasteiger partial charge in [-0.05, 0) is 50.8 Å². The number of rotatable bonds is 5. The Morgan fingerprint density at radius 2 is 2.00 bits per heavy atom. The third-order valence-electron chi connectivity index (χ3n) is 5.19. The molecule has 1 saturated heterocycles. The van der Waals surface area contributed by atoms with Gasteiger partial charge in [-0.2, -0.15) is 0 Å². The maximum absolute atomic E-state index is 6.31. The molecule has 1 fully saturated rings. The molecule has 0 aromatic heterocycles. The lowest BCUT2D eigenvalue weighted by Crippen LogP contribution is -2.50. The van der Waals surface area contributed by atoms with Crippen molar-refractivity contribution in [1.82, 2.24) is 15.5 Å². The Balaban J connectivity index is 1.46. The van der Waals surface area contributed by atoms with Gasteiger partial charge in [0, 0.05) is 38.8 Å². The van der Waals surface area contributed by atoms with E-state index >= 15 is 0 Å². The van der Waals surface area contributed by atoms with Crippen LogP contribution in [0.3, 0.4) is 0 Å². The summed E-state index contributed by atoms with van der Waals surface area (Å²) in [5, 5.41) is 7.58. The molecule has 1 aromatic rings. The second kappa shape index (κ2) is 9.51. The summed E-state index contributed by atoms with van der Waals surface area (Å²) >= 11 is 6.31. The Hall–Kier alpha value is -1.66. The number of nitrogens with zero attached hydrogens (tertiary/aromatic N) is 2. The lowest BCUT2D eigenvalue weighted by atomic mass is 10.0. The topological polar surface area (TPSA) is 58.1 Å². The summed E-state index contributed by atoms with van der Waals surface area (Å²) in [4.78, 5) is 6.89. The van der Waals surface area contributed by atoms with E-state index in [1.54, 1.807) is 0 Å². The molecular formula is C20H31ClN4O2. The average Bonchev–Trinajstić information content (AvgIpc) is 2.67. The van der Waals surface area contributed by atoms with Crippen LogP contribution in [0.4, 0.5) is 0 Å². The van der Waals surface area contributed by atoms with Crippen molar-refractivity contribution in [2.75, 3.05) is 39.9 Å². The molecule has 2 N–H and O–H groups in total. The molecule has 2 heterocycles. The van der Waals surface area contributed by atoms with Gasteiger partial charge < -0.3 is 25.0 Å². The number of likely N-dealkylation sites (tertiary alicyclic amines) is 1. The zero-order chi connectivity index (χ0) is 19.2. The van der Waals surface area contributed by atoms with Crippen molar-refractivity contribution in [3.05, 3.63) is 22.7 Å². The number of halogens is 1. The summed E-state index contributed by atoms with van der Waals surface area (Å²) in [5.74, 6) is 2.26. The molecule has 0 spiro atoms. The first-order valence-electron chi connectivity index (χ1n) is 9.86. The van der Waals surface area contributed by atoms with Crippen LogP contribution in [0, 0.1) is 0 Å². The molecule has 1 aromatic carbocycles. The van der Waals surface area contributed by atoms with Gasteiger partial charge in [-0.25, -0.2) is 0 Å². The molecule has 0 aliphatic carbocycles. The van der Waals surface area contributed by atoms with Gasteiger partial charge in [0.15, 0.2) is 17.5 Å². The van der Waals surface area contributed by atoms with Crippen LogP contribution in [-0.2, 0) is 6.42 Å². The van der Waals surface area contributed by atoms with Crippen molar-refractivity contribution in [3.8, 4) is 11.5 Å². The molecule has 2 aliphatic rings. The van der Waals surface area contributed by atoms with Crippen molar-refractivity contribution in [1.29, 1.82) is 0 Å². The highest BCUT2D eigenvalue weighted by Crippen LogP contribution is 2.38. The lowest BCUT2D eigenvalue weighted by Gasteiger charge is -2.35. The number of piperidine rings is 1. The number of benzene rings is 1. The van der Waals surface area contributed by atoms with Crippen LogP contribution >= 0.6 is 11.6 Å². The Labute approximate surface area is 167 Å². The maximum atomic E-state index is 6.31. The third-order valence-corrected chi connectivity index (χ3v) is 5.47. The highest BCUT2D eigenvalue weighted by Gasteiger charge is 2.21. The van der Waals surface area contributed by atoms with Crippen LogP contribution in [0.1, 0.15) is 32.3 Å². The van der Waals surface area contributed by atoms with Crippen molar-refractivity contribution in [3.63, 3.8) is 0 Å². The van der Waals surface area contributed by atoms with Crippen molar-refractivity contribution in [2.45, 2.75) is 45.2 Å². The molecule has 150 valence electrons. The van der Waals surface area contributed by atoms with Gasteiger partial charge >= 0.3 is 0 Å². The van der Waals surface area contributed by atoms with Crippen molar-refractivity contribution >= 4 is 17.6 Å². The molecular weight excluding hydrogens is 364 g/mol. The number of ether oxygens (including phenoxy) is 2. The summed E-state index contributed by atoms with van der Waals surface area (Å²) < 4.78 is 11.2. The van der Waals surface area contributed by atoms with E-state index < -0.39 is 0 Å². The minimum atomic E-state index is 0.481. The fourth-order valence-corrected chi connectivity index (χ4v) is 3.87. The normalized spacial score (nSPS) is 18.6. The van der Waals surface area contributed by atoms with Crippen LogP contribution in [0.2, 0.25) is 5.02 Å². The second-order valence-corrected chi connectivity index (χ2v) is 7.81. The summed E-state index contributed by atoms with van der Waals surface area (Å²) in [7, 11) is 1.82. The summed E-state index contributed by atoms with van der Waals surface area (Å²) in [6.45, 7) is 8.70. The highest BCUT2D eigenvalue weighted by atomic mass is 35.5. The van der Waals surface area contributed by atoms with Gasteiger partial charge in [0.2, 0.25) is 0 Å². The zero-order valence-corrected chi connectivity index (χ0v) is 17.3. The van der Waals surface area contributed by atoms with Crippen LogP contribution in [0.15, 0.2) is 17.1 Å². The van der Waals surface area contributed by atoms with E-state index in [0.717, 1.165) is 56.2 Å². The molecule has 0 amide bonds. The fraction of sp³-hybridized carbons (Fsp3) is 0.650. The first-order chi connectivity index (χ1) is 13.1. The maximum Gasteiger partial charge on any atom is 0.191 e. The van der Waals surface area contributed by atoms with E-state index in [0.29, 0.717) is 36.1 Å². The molecule has 6 nitrogen and oxygen atoms in total. The Kier molecular flexibility index (Phi) is 7.07. The van der Waals surface area contributed by atoms with E-state index in [1.165, 1.54) is 0 Å². The fourth-order valence-electron chi connectivity index (χ4n) is 3.58. The number of hydrogen-bond acceptors (Lipinski definition) is 4. The predicted octanol–water partition coefficient (Wildman–Crippen LogP) is 2.69. The third kappa shape index (κ3) is 5.42. The van der Waals surface area contributed by atoms with Gasteiger partial charge in [0.25, 0.3) is 0 Å². The molecule has 3 rings (SSSR count). The van der Waals surface area contributed by atoms with E-state index in [-0.39, 0.29) is 0 Å². The van der Waals surface area contributed by atoms with Crippen LogP contribution in [0.5, 0.6) is 11.5 Å². The van der Waals surface area contributed by atoms with Gasteiger partial charge in [-0.3, -0.25) is 4.99 Å².